The molecule has 3 rings (SSSR count). The zero-order chi connectivity index (χ0) is 13.2. The third kappa shape index (κ3) is 2.34. The maximum atomic E-state index is 12.5. The number of amides is 1. The van der Waals surface area contributed by atoms with E-state index in [2.05, 4.69) is 21.9 Å². The summed E-state index contributed by atoms with van der Waals surface area (Å²) in [7, 11) is 2.17. The summed E-state index contributed by atoms with van der Waals surface area (Å²) in [5.74, 6) is 0.0379. The molecule has 1 aromatic rings. The first-order chi connectivity index (χ1) is 9.27. The van der Waals surface area contributed by atoms with Gasteiger partial charge in [0.05, 0.1) is 6.20 Å². The minimum absolute atomic E-state index is 0.0379. The van der Waals surface area contributed by atoms with Gasteiger partial charge in [-0.25, -0.2) is 4.98 Å². The highest BCUT2D eigenvalue weighted by Crippen LogP contribution is 2.29. The lowest BCUT2D eigenvalue weighted by molar-refractivity contribution is 0.0658. The molecule has 1 aromatic heterocycles. The van der Waals surface area contributed by atoms with Crippen LogP contribution in [0, 0.1) is 0 Å². The standard InChI is InChI=1S/C14H20N4O/c1-17-8-2-4-12(17)13-5-3-9-18(13)14(19)11-10-15-6-7-16-11/h6-7,10,12-13H,2-5,8-9H2,1H3/t12-,13+/m1/s1. The second-order valence-corrected chi connectivity index (χ2v) is 5.49. The third-order valence-electron chi connectivity index (χ3n) is 4.36. The van der Waals surface area contributed by atoms with Crippen LogP contribution in [0.2, 0.25) is 0 Å². The molecule has 2 aliphatic rings. The minimum atomic E-state index is 0.0379. The van der Waals surface area contributed by atoms with Crippen molar-refractivity contribution in [3.8, 4) is 0 Å². The number of likely N-dealkylation sites (tertiary alicyclic amines) is 2. The first-order valence-corrected chi connectivity index (χ1v) is 7.04. The van der Waals surface area contributed by atoms with Crippen molar-refractivity contribution >= 4 is 5.91 Å². The van der Waals surface area contributed by atoms with Gasteiger partial charge in [-0.2, -0.15) is 0 Å². The molecule has 2 saturated heterocycles. The van der Waals surface area contributed by atoms with Crippen molar-refractivity contribution in [2.75, 3.05) is 20.1 Å². The van der Waals surface area contributed by atoms with Gasteiger partial charge >= 0.3 is 0 Å². The highest BCUT2D eigenvalue weighted by atomic mass is 16.2. The molecule has 5 heteroatoms. The number of hydrogen-bond acceptors (Lipinski definition) is 4. The van der Waals surface area contributed by atoms with Gasteiger partial charge in [-0.15, -0.1) is 0 Å². The van der Waals surface area contributed by atoms with Gasteiger partial charge in [-0.05, 0) is 39.3 Å². The third-order valence-corrected chi connectivity index (χ3v) is 4.36. The number of hydrogen-bond donors (Lipinski definition) is 0. The largest absolute Gasteiger partial charge is 0.333 e. The number of nitrogens with zero attached hydrogens (tertiary/aromatic N) is 4. The summed E-state index contributed by atoms with van der Waals surface area (Å²) in [4.78, 5) is 25.1. The molecule has 0 radical (unpaired) electrons. The molecule has 19 heavy (non-hydrogen) atoms. The van der Waals surface area contributed by atoms with E-state index < -0.39 is 0 Å². The van der Waals surface area contributed by atoms with Crippen molar-refractivity contribution in [1.29, 1.82) is 0 Å². The Morgan fingerprint density at radius 1 is 1.21 bits per heavy atom. The predicted octanol–water partition coefficient (Wildman–Crippen LogP) is 1.18. The first kappa shape index (κ1) is 12.5. The van der Waals surface area contributed by atoms with Crippen molar-refractivity contribution in [1.82, 2.24) is 19.8 Å². The molecule has 0 spiro atoms. The van der Waals surface area contributed by atoms with E-state index in [1.54, 1.807) is 18.6 Å². The summed E-state index contributed by atoms with van der Waals surface area (Å²) >= 11 is 0. The molecule has 0 aliphatic carbocycles. The fourth-order valence-corrected chi connectivity index (χ4v) is 3.42. The fraction of sp³-hybridized carbons (Fsp3) is 0.643. The summed E-state index contributed by atoms with van der Waals surface area (Å²) in [6, 6.07) is 0.866. The van der Waals surface area contributed by atoms with E-state index in [1.165, 1.54) is 12.8 Å². The zero-order valence-electron chi connectivity index (χ0n) is 11.3. The molecular formula is C14H20N4O. The van der Waals surface area contributed by atoms with Crippen molar-refractivity contribution in [3.05, 3.63) is 24.3 Å². The topological polar surface area (TPSA) is 49.3 Å². The molecule has 1 amide bonds. The molecule has 0 aromatic carbocycles. The van der Waals surface area contributed by atoms with E-state index in [9.17, 15) is 4.79 Å². The molecule has 0 bridgehead atoms. The van der Waals surface area contributed by atoms with Gasteiger partial charge in [0.15, 0.2) is 0 Å². The Bertz CT molecular complexity index is 450. The first-order valence-electron chi connectivity index (χ1n) is 7.04. The normalized spacial score (nSPS) is 27.9. The number of aromatic nitrogens is 2. The lowest BCUT2D eigenvalue weighted by Crippen LogP contribution is -2.47. The average Bonchev–Trinajstić information content (AvgIpc) is 3.07. The van der Waals surface area contributed by atoms with Gasteiger partial charge in [-0.1, -0.05) is 0 Å². The Balaban J connectivity index is 1.78. The van der Waals surface area contributed by atoms with E-state index in [0.717, 1.165) is 25.9 Å². The van der Waals surface area contributed by atoms with Crippen molar-refractivity contribution < 1.29 is 4.79 Å². The van der Waals surface area contributed by atoms with Crippen molar-refractivity contribution in [3.63, 3.8) is 0 Å². The molecule has 0 N–H and O–H groups in total. The van der Waals surface area contributed by atoms with E-state index in [-0.39, 0.29) is 5.91 Å². The van der Waals surface area contributed by atoms with E-state index in [4.69, 9.17) is 0 Å². The van der Waals surface area contributed by atoms with Gasteiger partial charge < -0.3 is 9.80 Å². The van der Waals surface area contributed by atoms with Crippen molar-refractivity contribution in [2.45, 2.75) is 37.8 Å². The summed E-state index contributed by atoms with van der Waals surface area (Å²) in [6.07, 6.45) is 9.40. The average molecular weight is 260 g/mol. The Hall–Kier alpha value is -1.49. The number of carbonyl (C=O) groups excluding carboxylic acids is 1. The molecule has 2 aliphatic heterocycles. The molecule has 2 fully saturated rings. The van der Waals surface area contributed by atoms with E-state index in [0.29, 0.717) is 17.8 Å². The number of likely N-dealkylation sites (N-methyl/N-ethyl adjacent to an activating group) is 1. The van der Waals surface area contributed by atoms with Crippen LogP contribution in [0.25, 0.3) is 0 Å². The van der Waals surface area contributed by atoms with Crippen LogP contribution in [0.3, 0.4) is 0 Å². The van der Waals surface area contributed by atoms with E-state index in [1.807, 2.05) is 4.90 Å². The van der Waals surface area contributed by atoms with Crippen molar-refractivity contribution in [2.24, 2.45) is 0 Å². The summed E-state index contributed by atoms with van der Waals surface area (Å²) < 4.78 is 0. The molecule has 5 nitrogen and oxygen atoms in total. The highest BCUT2D eigenvalue weighted by molar-refractivity contribution is 5.92. The van der Waals surface area contributed by atoms with Crippen LogP contribution in [0.5, 0.6) is 0 Å². The number of rotatable bonds is 2. The molecular weight excluding hydrogens is 240 g/mol. The second kappa shape index (κ2) is 5.25. The summed E-state index contributed by atoms with van der Waals surface area (Å²) in [6.45, 7) is 2.00. The smallest absolute Gasteiger partial charge is 0.274 e. The summed E-state index contributed by atoms with van der Waals surface area (Å²) in [5, 5.41) is 0. The monoisotopic (exact) mass is 260 g/mol. The fourth-order valence-electron chi connectivity index (χ4n) is 3.42. The highest BCUT2D eigenvalue weighted by Gasteiger charge is 2.38. The van der Waals surface area contributed by atoms with Crippen LogP contribution in [0.1, 0.15) is 36.2 Å². The van der Waals surface area contributed by atoms with Crippen LogP contribution in [0.15, 0.2) is 18.6 Å². The lowest BCUT2D eigenvalue weighted by Gasteiger charge is -2.33. The lowest BCUT2D eigenvalue weighted by atomic mass is 10.0. The molecule has 3 heterocycles. The quantitative estimate of drug-likeness (QED) is 0.801. The van der Waals surface area contributed by atoms with Gasteiger partial charge in [0.2, 0.25) is 0 Å². The van der Waals surface area contributed by atoms with Crippen LogP contribution >= 0.6 is 0 Å². The molecule has 0 saturated carbocycles. The Labute approximate surface area is 113 Å². The zero-order valence-corrected chi connectivity index (χ0v) is 11.3. The maximum absolute atomic E-state index is 12.5. The molecule has 0 unspecified atom stereocenters. The Morgan fingerprint density at radius 2 is 2.00 bits per heavy atom. The van der Waals surface area contributed by atoms with Gasteiger partial charge in [0, 0.05) is 31.0 Å². The second-order valence-electron chi connectivity index (χ2n) is 5.49. The van der Waals surface area contributed by atoms with Crippen LogP contribution < -0.4 is 0 Å². The van der Waals surface area contributed by atoms with Crippen LogP contribution in [-0.4, -0.2) is 57.9 Å². The number of carbonyl (C=O) groups is 1. The molecule has 102 valence electrons. The van der Waals surface area contributed by atoms with E-state index >= 15 is 0 Å². The van der Waals surface area contributed by atoms with Gasteiger partial charge in [-0.3, -0.25) is 9.78 Å². The molecule has 2 atom stereocenters. The predicted molar refractivity (Wildman–Crippen MR) is 71.7 cm³/mol. The van der Waals surface area contributed by atoms with Gasteiger partial charge in [0.1, 0.15) is 5.69 Å². The van der Waals surface area contributed by atoms with Gasteiger partial charge in [0.25, 0.3) is 5.91 Å². The van der Waals surface area contributed by atoms with Crippen LogP contribution in [-0.2, 0) is 0 Å². The summed E-state index contributed by atoms with van der Waals surface area (Å²) in [5.41, 5.74) is 0.468. The Kier molecular flexibility index (Phi) is 3.46. The van der Waals surface area contributed by atoms with Crippen LogP contribution in [0.4, 0.5) is 0 Å². The Morgan fingerprint density at radius 3 is 2.68 bits per heavy atom. The minimum Gasteiger partial charge on any atom is -0.333 e. The maximum Gasteiger partial charge on any atom is 0.274 e. The SMILES string of the molecule is CN1CCC[C@@H]1[C@@H]1CCCN1C(=O)c1cnccn1.